The molecule has 1 atom stereocenters. The number of aliphatic hydroxyl groups excluding tert-OH is 1. The van der Waals surface area contributed by atoms with E-state index in [4.69, 9.17) is 9.63 Å². The van der Waals surface area contributed by atoms with Gasteiger partial charge in [-0.05, 0) is 19.4 Å². The Morgan fingerprint density at radius 1 is 1.54 bits per heavy atom. The predicted octanol–water partition coefficient (Wildman–Crippen LogP) is 0.377. The van der Waals surface area contributed by atoms with Gasteiger partial charge in [0.15, 0.2) is 5.82 Å². The molecule has 0 saturated carbocycles. The van der Waals surface area contributed by atoms with Gasteiger partial charge >= 0.3 is 0 Å². The maximum atomic E-state index is 8.73. The number of aromatic nitrogens is 2. The standard InChI is InChI=1S/C8H13N3O2/c12-5-7-10-8(11-13-7)6-3-1-2-4-9-6/h6,9,12H,1-5H2. The molecule has 0 amide bonds. The first-order valence-corrected chi connectivity index (χ1v) is 4.57. The summed E-state index contributed by atoms with van der Waals surface area (Å²) in [7, 11) is 0. The van der Waals surface area contributed by atoms with Crippen LogP contribution in [0.4, 0.5) is 0 Å². The Bertz CT molecular complexity index is 268. The van der Waals surface area contributed by atoms with Gasteiger partial charge in [-0.2, -0.15) is 4.98 Å². The first kappa shape index (κ1) is 8.65. The molecule has 1 unspecified atom stereocenters. The second-order valence-corrected chi connectivity index (χ2v) is 3.21. The third kappa shape index (κ3) is 1.87. The van der Waals surface area contributed by atoms with Gasteiger partial charge in [-0.15, -0.1) is 0 Å². The molecule has 1 saturated heterocycles. The summed E-state index contributed by atoms with van der Waals surface area (Å²) in [4.78, 5) is 4.06. The van der Waals surface area contributed by atoms with Crippen LogP contribution in [0.2, 0.25) is 0 Å². The molecule has 13 heavy (non-hydrogen) atoms. The molecule has 1 fully saturated rings. The van der Waals surface area contributed by atoms with E-state index in [-0.39, 0.29) is 12.6 Å². The largest absolute Gasteiger partial charge is 0.387 e. The van der Waals surface area contributed by atoms with Gasteiger partial charge in [0.1, 0.15) is 6.61 Å². The molecule has 5 heteroatoms. The van der Waals surface area contributed by atoms with Crippen LogP contribution in [0.3, 0.4) is 0 Å². The molecule has 0 bridgehead atoms. The van der Waals surface area contributed by atoms with Gasteiger partial charge in [0.2, 0.25) is 0 Å². The maximum Gasteiger partial charge on any atom is 0.252 e. The second kappa shape index (κ2) is 3.85. The Morgan fingerprint density at radius 3 is 3.08 bits per heavy atom. The van der Waals surface area contributed by atoms with Crippen LogP contribution in [-0.2, 0) is 6.61 Å². The minimum Gasteiger partial charge on any atom is -0.387 e. The van der Waals surface area contributed by atoms with Crippen molar-refractivity contribution in [2.45, 2.75) is 31.9 Å². The van der Waals surface area contributed by atoms with E-state index in [1.165, 1.54) is 12.8 Å². The van der Waals surface area contributed by atoms with Crippen molar-refractivity contribution >= 4 is 0 Å². The number of nitrogens with one attached hydrogen (secondary N) is 1. The van der Waals surface area contributed by atoms with Gasteiger partial charge in [-0.3, -0.25) is 0 Å². The fraction of sp³-hybridized carbons (Fsp3) is 0.750. The van der Waals surface area contributed by atoms with E-state index in [0.717, 1.165) is 13.0 Å². The summed E-state index contributed by atoms with van der Waals surface area (Å²) >= 11 is 0. The van der Waals surface area contributed by atoms with Crippen molar-refractivity contribution in [3.8, 4) is 0 Å². The van der Waals surface area contributed by atoms with Gasteiger partial charge in [0, 0.05) is 0 Å². The molecule has 1 aromatic rings. The molecule has 2 heterocycles. The van der Waals surface area contributed by atoms with Crippen molar-refractivity contribution < 1.29 is 9.63 Å². The highest BCUT2D eigenvalue weighted by atomic mass is 16.5. The average Bonchev–Trinajstić information content (AvgIpc) is 2.67. The van der Waals surface area contributed by atoms with Gasteiger partial charge in [0.05, 0.1) is 6.04 Å². The van der Waals surface area contributed by atoms with Crippen molar-refractivity contribution in [3.05, 3.63) is 11.7 Å². The lowest BCUT2D eigenvalue weighted by molar-refractivity contribution is 0.222. The molecular weight excluding hydrogens is 170 g/mol. The zero-order chi connectivity index (χ0) is 9.10. The summed E-state index contributed by atoms with van der Waals surface area (Å²) in [6.45, 7) is 0.827. The van der Waals surface area contributed by atoms with E-state index in [9.17, 15) is 0 Å². The van der Waals surface area contributed by atoms with E-state index in [1.54, 1.807) is 0 Å². The number of hydrogen-bond acceptors (Lipinski definition) is 5. The smallest absolute Gasteiger partial charge is 0.252 e. The Balaban J connectivity index is 2.05. The Labute approximate surface area is 76.1 Å². The molecule has 5 nitrogen and oxygen atoms in total. The van der Waals surface area contributed by atoms with E-state index >= 15 is 0 Å². The van der Waals surface area contributed by atoms with E-state index < -0.39 is 0 Å². The fourth-order valence-electron chi connectivity index (χ4n) is 1.55. The Morgan fingerprint density at radius 2 is 2.46 bits per heavy atom. The van der Waals surface area contributed by atoms with Crippen LogP contribution in [0.15, 0.2) is 4.52 Å². The number of piperidine rings is 1. The molecule has 72 valence electrons. The minimum atomic E-state index is -0.181. The summed E-state index contributed by atoms with van der Waals surface area (Å²) in [5.74, 6) is 0.964. The highest BCUT2D eigenvalue weighted by Gasteiger charge is 2.19. The molecule has 0 aromatic carbocycles. The van der Waals surface area contributed by atoms with Crippen molar-refractivity contribution in [1.82, 2.24) is 15.5 Å². The van der Waals surface area contributed by atoms with Crippen molar-refractivity contribution in [2.75, 3.05) is 6.54 Å². The van der Waals surface area contributed by atoms with Crippen LogP contribution in [-0.4, -0.2) is 21.8 Å². The van der Waals surface area contributed by atoms with Crippen LogP contribution in [0.25, 0.3) is 0 Å². The molecule has 1 aliphatic rings. The summed E-state index contributed by atoms with van der Waals surface area (Å²) in [6.07, 6.45) is 3.45. The molecular formula is C8H13N3O2. The van der Waals surface area contributed by atoms with Gasteiger partial charge in [0.25, 0.3) is 5.89 Å². The highest BCUT2D eigenvalue weighted by molar-refractivity contribution is 4.94. The lowest BCUT2D eigenvalue weighted by atomic mass is 10.0. The number of hydrogen-bond donors (Lipinski definition) is 2. The van der Waals surface area contributed by atoms with Crippen molar-refractivity contribution in [3.63, 3.8) is 0 Å². The quantitative estimate of drug-likeness (QED) is 0.693. The van der Waals surface area contributed by atoms with Crippen LogP contribution in [0, 0.1) is 0 Å². The third-order valence-corrected chi connectivity index (χ3v) is 2.24. The van der Waals surface area contributed by atoms with Crippen molar-refractivity contribution in [1.29, 1.82) is 0 Å². The topological polar surface area (TPSA) is 71.2 Å². The van der Waals surface area contributed by atoms with E-state index in [2.05, 4.69) is 15.5 Å². The summed E-state index contributed by atoms with van der Waals surface area (Å²) in [6, 6.07) is 0.206. The van der Waals surface area contributed by atoms with Gasteiger partial charge in [-0.25, -0.2) is 0 Å². The van der Waals surface area contributed by atoms with Gasteiger partial charge in [-0.1, -0.05) is 11.6 Å². The highest BCUT2D eigenvalue weighted by Crippen LogP contribution is 2.19. The number of rotatable bonds is 2. The molecule has 0 spiro atoms. The zero-order valence-corrected chi connectivity index (χ0v) is 7.36. The molecule has 0 aliphatic carbocycles. The molecule has 0 radical (unpaired) electrons. The molecule has 2 rings (SSSR count). The van der Waals surface area contributed by atoms with Gasteiger partial charge < -0.3 is 14.9 Å². The van der Waals surface area contributed by atoms with E-state index in [0.29, 0.717) is 11.7 Å². The summed E-state index contributed by atoms with van der Waals surface area (Å²) in [5, 5.41) is 15.8. The first-order chi connectivity index (χ1) is 6.40. The maximum absolute atomic E-state index is 8.73. The lowest BCUT2D eigenvalue weighted by Gasteiger charge is -2.19. The summed E-state index contributed by atoms with van der Waals surface area (Å²) in [5.41, 5.74) is 0. The molecule has 1 aromatic heterocycles. The van der Waals surface area contributed by atoms with E-state index in [1.807, 2.05) is 0 Å². The van der Waals surface area contributed by atoms with Crippen LogP contribution in [0.1, 0.15) is 37.0 Å². The lowest BCUT2D eigenvalue weighted by Crippen LogP contribution is -2.27. The Hall–Kier alpha value is -0.940. The third-order valence-electron chi connectivity index (χ3n) is 2.24. The fourth-order valence-corrected chi connectivity index (χ4v) is 1.55. The van der Waals surface area contributed by atoms with Crippen LogP contribution < -0.4 is 5.32 Å². The predicted molar refractivity (Wildman–Crippen MR) is 44.8 cm³/mol. The number of nitrogens with zero attached hydrogens (tertiary/aromatic N) is 2. The number of aliphatic hydroxyl groups is 1. The van der Waals surface area contributed by atoms with Crippen LogP contribution in [0.5, 0.6) is 0 Å². The normalized spacial score (nSPS) is 23.3. The zero-order valence-electron chi connectivity index (χ0n) is 7.36. The monoisotopic (exact) mass is 183 g/mol. The van der Waals surface area contributed by atoms with Crippen LogP contribution >= 0.6 is 0 Å². The van der Waals surface area contributed by atoms with Crippen molar-refractivity contribution in [2.24, 2.45) is 0 Å². The second-order valence-electron chi connectivity index (χ2n) is 3.21. The average molecular weight is 183 g/mol. The Kier molecular flexibility index (Phi) is 2.56. The molecule has 2 N–H and O–H groups in total. The first-order valence-electron chi connectivity index (χ1n) is 4.57. The SMILES string of the molecule is OCc1nc(C2CCCCN2)no1. The summed E-state index contributed by atoms with van der Waals surface area (Å²) < 4.78 is 4.82. The minimum absolute atomic E-state index is 0.181. The molecule has 1 aliphatic heterocycles.